The number of nitrogens with zero attached hydrogens (tertiary/aromatic N) is 2. The average molecular weight is 330 g/mol. The molecular formula is C18H22N2O4. The van der Waals surface area contributed by atoms with E-state index in [0.29, 0.717) is 11.5 Å². The predicted octanol–water partition coefficient (Wildman–Crippen LogP) is 2.38. The lowest BCUT2D eigenvalue weighted by atomic mass is 10.0. The van der Waals surface area contributed by atoms with Crippen LogP contribution in [0.25, 0.3) is 0 Å². The minimum atomic E-state index is -0.824. The van der Waals surface area contributed by atoms with Crippen molar-refractivity contribution in [2.24, 2.45) is 0 Å². The molecule has 0 spiro atoms. The number of carboxylic acids is 1. The van der Waals surface area contributed by atoms with Crippen LogP contribution in [0.3, 0.4) is 0 Å². The molecule has 0 bridgehead atoms. The summed E-state index contributed by atoms with van der Waals surface area (Å²) in [7, 11) is 3.23. The van der Waals surface area contributed by atoms with E-state index in [9.17, 15) is 9.90 Å². The van der Waals surface area contributed by atoms with E-state index in [4.69, 9.17) is 9.47 Å². The third-order valence-corrected chi connectivity index (χ3v) is 4.38. The van der Waals surface area contributed by atoms with Gasteiger partial charge in [-0.3, -0.25) is 9.69 Å². The van der Waals surface area contributed by atoms with Gasteiger partial charge in [-0.25, -0.2) is 0 Å². The van der Waals surface area contributed by atoms with Gasteiger partial charge in [0.25, 0.3) is 0 Å². The fourth-order valence-electron chi connectivity index (χ4n) is 3.35. The Hall–Kier alpha value is -2.47. The average Bonchev–Trinajstić information content (AvgIpc) is 2.95. The minimum Gasteiger partial charge on any atom is -0.497 e. The quantitative estimate of drug-likeness (QED) is 0.912. The molecule has 1 aliphatic rings. The highest BCUT2D eigenvalue weighted by Gasteiger charge is 2.29. The number of fused-ring (bicyclic) bond motifs is 1. The minimum absolute atomic E-state index is 0.00459. The molecule has 0 radical (unpaired) electrons. The number of hydrogen-bond acceptors (Lipinski definition) is 4. The molecule has 3 rings (SSSR count). The third kappa shape index (κ3) is 3.23. The highest BCUT2D eigenvalue weighted by molar-refractivity contribution is 5.69. The second-order valence-electron chi connectivity index (χ2n) is 5.89. The number of benzene rings is 1. The molecule has 0 saturated carbocycles. The number of carbonyl (C=O) groups is 1. The Kier molecular flexibility index (Phi) is 4.76. The molecule has 0 aliphatic carbocycles. The summed E-state index contributed by atoms with van der Waals surface area (Å²) in [6.45, 7) is 1.60. The Morgan fingerprint density at radius 2 is 1.92 bits per heavy atom. The molecule has 1 atom stereocenters. The Balaban J connectivity index is 2.10. The zero-order valence-corrected chi connectivity index (χ0v) is 13.9. The Bertz CT molecular complexity index is 703. The maximum absolute atomic E-state index is 11.4. The lowest BCUT2D eigenvalue weighted by Gasteiger charge is -2.29. The van der Waals surface area contributed by atoms with Crippen LogP contribution < -0.4 is 9.47 Å². The van der Waals surface area contributed by atoms with Crippen LogP contribution in [0.15, 0.2) is 36.5 Å². The Morgan fingerprint density at radius 1 is 1.21 bits per heavy atom. The van der Waals surface area contributed by atoms with Crippen LogP contribution >= 0.6 is 0 Å². The molecule has 24 heavy (non-hydrogen) atoms. The number of ether oxygens (including phenoxy) is 2. The molecule has 2 aromatic rings. The molecule has 0 fully saturated rings. The van der Waals surface area contributed by atoms with E-state index >= 15 is 0 Å². The first-order valence-electron chi connectivity index (χ1n) is 7.96. The van der Waals surface area contributed by atoms with E-state index in [-0.39, 0.29) is 12.6 Å². The van der Waals surface area contributed by atoms with Crippen LogP contribution in [-0.2, 0) is 11.3 Å². The van der Waals surface area contributed by atoms with Crippen LogP contribution in [0.4, 0.5) is 0 Å². The summed E-state index contributed by atoms with van der Waals surface area (Å²) in [4.78, 5) is 13.4. The normalized spacial score (nSPS) is 17.8. The number of aryl methyl sites for hydroxylation is 1. The molecule has 1 aromatic heterocycles. The lowest BCUT2D eigenvalue weighted by Crippen LogP contribution is -2.34. The van der Waals surface area contributed by atoms with Gasteiger partial charge >= 0.3 is 5.97 Å². The summed E-state index contributed by atoms with van der Waals surface area (Å²) in [6.07, 6.45) is 2.95. The maximum Gasteiger partial charge on any atom is 0.317 e. The van der Waals surface area contributed by atoms with Gasteiger partial charge < -0.3 is 19.1 Å². The van der Waals surface area contributed by atoms with Gasteiger partial charge in [-0.15, -0.1) is 0 Å². The number of carboxylic acid groups (broad SMARTS) is 1. The van der Waals surface area contributed by atoms with Gasteiger partial charge in [-0.05, 0) is 36.2 Å². The van der Waals surface area contributed by atoms with Crippen molar-refractivity contribution in [3.63, 3.8) is 0 Å². The summed E-state index contributed by atoms with van der Waals surface area (Å²) in [5, 5.41) is 9.32. The van der Waals surface area contributed by atoms with Crippen molar-refractivity contribution in [2.45, 2.75) is 19.0 Å². The number of hydrogen-bond donors (Lipinski definition) is 1. The molecule has 0 amide bonds. The molecule has 128 valence electrons. The Morgan fingerprint density at radius 3 is 2.54 bits per heavy atom. The van der Waals surface area contributed by atoms with Crippen LogP contribution in [0, 0.1) is 0 Å². The van der Waals surface area contributed by atoms with Crippen molar-refractivity contribution in [2.75, 3.05) is 27.3 Å². The summed E-state index contributed by atoms with van der Waals surface area (Å²) < 4.78 is 13.0. The summed E-state index contributed by atoms with van der Waals surface area (Å²) in [5.74, 6) is 0.568. The van der Waals surface area contributed by atoms with E-state index in [1.165, 1.54) is 0 Å². The van der Waals surface area contributed by atoms with Crippen molar-refractivity contribution in [1.29, 1.82) is 0 Å². The van der Waals surface area contributed by atoms with Gasteiger partial charge in [-0.1, -0.05) is 0 Å². The topological polar surface area (TPSA) is 63.9 Å². The SMILES string of the molecule is COc1cc(OC)cc(C2c3cccn3CCCN2CC(=O)O)c1. The highest BCUT2D eigenvalue weighted by atomic mass is 16.5. The number of aromatic nitrogens is 1. The van der Waals surface area contributed by atoms with Gasteiger partial charge in [0.1, 0.15) is 11.5 Å². The molecule has 0 saturated heterocycles. The van der Waals surface area contributed by atoms with Gasteiger partial charge in [0.05, 0.1) is 26.8 Å². The van der Waals surface area contributed by atoms with Crippen molar-refractivity contribution >= 4 is 5.97 Å². The first kappa shape index (κ1) is 16.4. The Labute approximate surface area is 141 Å². The van der Waals surface area contributed by atoms with Crippen molar-refractivity contribution < 1.29 is 19.4 Å². The first-order valence-corrected chi connectivity index (χ1v) is 7.96. The molecular weight excluding hydrogens is 308 g/mol. The van der Waals surface area contributed by atoms with E-state index in [0.717, 1.165) is 30.8 Å². The highest BCUT2D eigenvalue weighted by Crippen LogP contribution is 2.35. The standard InChI is InChI=1S/C18H22N2O4/c1-23-14-9-13(10-15(11-14)24-2)18-16-5-3-6-19(16)7-4-8-20(18)12-17(21)22/h3,5-6,9-11,18H,4,7-8,12H2,1-2H3,(H,21,22). The second-order valence-corrected chi connectivity index (χ2v) is 5.89. The zero-order valence-electron chi connectivity index (χ0n) is 13.9. The summed E-state index contributed by atoms with van der Waals surface area (Å²) in [5.41, 5.74) is 2.05. The van der Waals surface area contributed by atoms with E-state index in [1.54, 1.807) is 14.2 Å². The van der Waals surface area contributed by atoms with Crippen molar-refractivity contribution in [1.82, 2.24) is 9.47 Å². The van der Waals surface area contributed by atoms with Crippen LogP contribution in [-0.4, -0.2) is 47.9 Å². The maximum atomic E-state index is 11.4. The predicted molar refractivity (Wildman–Crippen MR) is 89.6 cm³/mol. The monoisotopic (exact) mass is 330 g/mol. The molecule has 1 aliphatic heterocycles. The molecule has 2 heterocycles. The molecule has 6 heteroatoms. The number of aliphatic carboxylic acids is 1. The van der Waals surface area contributed by atoms with E-state index < -0.39 is 5.97 Å². The zero-order chi connectivity index (χ0) is 17.1. The number of rotatable bonds is 5. The van der Waals surface area contributed by atoms with Crippen molar-refractivity contribution in [3.8, 4) is 11.5 Å². The van der Waals surface area contributed by atoms with Crippen molar-refractivity contribution in [3.05, 3.63) is 47.8 Å². The van der Waals surface area contributed by atoms with E-state index in [1.807, 2.05) is 35.4 Å². The molecule has 1 N–H and O–H groups in total. The summed E-state index contributed by atoms with van der Waals surface area (Å²) >= 11 is 0. The van der Waals surface area contributed by atoms with Gasteiger partial charge in [0, 0.05) is 31.0 Å². The number of methoxy groups -OCH3 is 2. The molecule has 1 unspecified atom stereocenters. The van der Waals surface area contributed by atoms with Gasteiger partial charge in [0.15, 0.2) is 0 Å². The molecule has 1 aromatic carbocycles. The van der Waals surface area contributed by atoms with Crippen LogP contribution in [0.1, 0.15) is 23.7 Å². The fraction of sp³-hybridized carbons (Fsp3) is 0.389. The second kappa shape index (κ2) is 6.97. The lowest BCUT2D eigenvalue weighted by molar-refractivity contribution is -0.138. The van der Waals surface area contributed by atoms with Gasteiger partial charge in [-0.2, -0.15) is 0 Å². The summed E-state index contributed by atoms with van der Waals surface area (Å²) in [6, 6.07) is 9.62. The smallest absolute Gasteiger partial charge is 0.317 e. The van der Waals surface area contributed by atoms with Crippen LogP contribution in [0.2, 0.25) is 0 Å². The largest absolute Gasteiger partial charge is 0.497 e. The molecule has 6 nitrogen and oxygen atoms in total. The first-order chi connectivity index (χ1) is 11.6. The third-order valence-electron chi connectivity index (χ3n) is 4.38. The van der Waals surface area contributed by atoms with Crippen LogP contribution in [0.5, 0.6) is 11.5 Å². The fourth-order valence-corrected chi connectivity index (χ4v) is 3.35. The van der Waals surface area contributed by atoms with Gasteiger partial charge in [0.2, 0.25) is 0 Å². The van der Waals surface area contributed by atoms with E-state index in [2.05, 4.69) is 10.6 Å².